The normalized spacial score (nSPS) is 10.5. The summed E-state index contributed by atoms with van der Waals surface area (Å²) in [5, 5.41) is 3.47. The second-order valence-corrected chi connectivity index (χ2v) is 5.82. The number of amides is 1. The minimum absolute atomic E-state index is 0.326. The Bertz CT molecular complexity index is 901. The molecule has 0 saturated heterocycles. The van der Waals surface area contributed by atoms with E-state index in [1.165, 1.54) is 18.2 Å². The van der Waals surface area contributed by atoms with Crippen LogP contribution in [0.3, 0.4) is 0 Å². The number of aromatic nitrogens is 1. The first-order valence-electron chi connectivity index (χ1n) is 7.01. The minimum atomic E-state index is -0.448. The standard InChI is InChI=1S/C18H11Cl2FN2O/c19-16-4-1-11(9-17(16)20)15-10-12(21)2-3-14(15)18(24)23-13-5-7-22-8-6-13/h1-10H,(H,22,23,24). The highest BCUT2D eigenvalue weighted by molar-refractivity contribution is 6.42. The highest BCUT2D eigenvalue weighted by Crippen LogP contribution is 2.31. The number of carbonyl (C=O) groups excluding carboxylic acids is 1. The number of halogens is 3. The van der Waals surface area contributed by atoms with Gasteiger partial charge in [0.1, 0.15) is 5.82 Å². The molecule has 2 aromatic carbocycles. The predicted octanol–water partition coefficient (Wildman–Crippen LogP) is 5.45. The molecule has 1 heterocycles. The van der Waals surface area contributed by atoms with Gasteiger partial charge < -0.3 is 5.32 Å². The lowest BCUT2D eigenvalue weighted by Gasteiger charge is -2.11. The zero-order valence-electron chi connectivity index (χ0n) is 12.3. The van der Waals surface area contributed by atoms with E-state index in [-0.39, 0.29) is 5.91 Å². The van der Waals surface area contributed by atoms with Gasteiger partial charge in [0.25, 0.3) is 5.91 Å². The number of anilines is 1. The van der Waals surface area contributed by atoms with Crippen LogP contribution >= 0.6 is 23.2 Å². The van der Waals surface area contributed by atoms with Crippen molar-refractivity contribution in [2.75, 3.05) is 5.32 Å². The van der Waals surface area contributed by atoms with Crippen LogP contribution in [0.2, 0.25) is 10.0 Å². The lowest BCUT2D eigenvalue weighted by atomic mass is 9.99. The Kier molecular flexibility index (Phi) is 4.79. The van der Waals surface area contributed by atoms with E-state index in [0.29, 0.717) is 32.4 Å². The topological polar surface area (TPSA) is 42.0 Å². The maximum atomic E-state index is 13.7. The number of benzene rings is 2. The first-order valence-corrected chi connectivity index (χ1v) is 7.76. The fourth-order valence-electron chi connectivity index (χ4n) is 2.25. The Morgan fingerprint density at radius 3 is 2.42 bits per heavy atom. The average Bonchev–Trinajstić information content (AvgIpc) is 2.58. The van der Waals surface area contributed by atoms with Crippen LogP contribution in [-0.2, 0) is 0 Å². The summed E-state index contributed by atoms with van der Waals surface area (Å²) in [6.07, 6.45) is 3.14. The Balaban J connectivity index is 2.02. The molecule has 0 unspecified atom stereocenters. The number of hydrogen-bond donors (Lipinski definition) is 1. The molecule has 0 radical (unpaired) electrons. The van der Waals surface area contributed by atoms with Crippen LogP contribution in [0.4, 0.5) is 10.1 Å². The molecule has 0 saturated carbocycles. The van der Waals surface area contributed by atoms with Crippen LogP contribution in [0.5, 0.6) is 0 Å². The summed E-state index contributed by atoms with van der Waals surface area (Å²) in [5.74, 6) is -0.807. The van der Waals surface area contributed by atoms with Crippen LogP contribution in [0.15, 0.2) is 60.9 Å². The molecule has 3 nitrogen and oxygen atoms in total. The second kappa shape index (κ2) is 6.99. The van der Waals surface area contributed by atoms with Crippen LogP contribution < -0.4 is 5.32 Å². The fourth-order valence-corrected chi connectivity index (χ4v) is 2.55. The van der Waals surface area contributed by atoms with Gasteiger partial charge in [0, 0.05) is 23.6 Å². The molecule has 0 fully saturated rings. The first kappa shape index (κ1) is 16.4. The van der Waals surface area contributed by atoms with E-state index in [4.69, 9.17) is 23.2 Å². The molecule has 0 atom stereocenters. The third-order valence-electron chi connectivity index (χ3n) is 3.40. The Morgan fingerprint density at radius 2 is 1.71 bits per heavy atom. The summed E-state index contributed by atoms with van der Waals surface area (Å²) >= 11 is 11.9. The zero-order chi connectivity index (χ0) is 17.1. The van der Waals surface area contributed by atoms with E-state index >= 15 is 0 Å². The quantitative estimate of drug-likeness (QED) is 0.674. The van der Waals surface area contributed by atoms with E-state index in [2.05, 4.69) is 10.3 Å². The maximum absolute atomic E-state index is 13.7. The summed E-state index contributed by atoms with van der Waals surface area (Å²) in [7, 11) is 0. The van der Waals surface area contributed by atoms with Gasteiger partial charge in [-0.25, -0.2) is 4.39 Å². The molecule has 0 aliphatic rings. The van der Waals surface area contributed by atoms with E-state index in [0.717, 1.165) is 0 Å². The van der Waals surface area contributed by atoms with Gasteiger partial charge in [-0.3, -0.25) is 9.78 Å². The van der Waals surface area contributed by atoms with Gasteiger partial charge in [-0.2, -0.15) is 0 Å². The van der Waals surface area contributed by atoms with E-state index in [9.17, 15) is 9.18 Å². The smallest absolute Gasteiger partial charge is 0.256 e. The van der Waals surface area contributed by atoms with E-state index in [1.807, 2.05) is 0 Å². The third-order valence-corrected chi connectivity index (χ3v) is 4.13. The maximum Gasteiger partial charge on any atom is 0.256 e. The highest BCUT2D eigenvalue weighted by Gasteiger charge is 2.15. The molecule has 0 spiro atoms. The van der Waals surface area contributed by atoms with Crippen LogP contribution in [0, 0.1) is 5.82 Å². The number of nitrogens with zero attached hydrogens (tertiary/aromatic N) is 1. The molecule has 1 amide bonds. The first-order chi connectivity index (χ1) is 11.5. The van der Waals surface area contributed by atoms with Gasteiger partial charge >= 0.3 is 0 Å². The monoisotopic (exact) mass is 360 g/mol. The van der Waals surface area contributed by atoms with Crippen LogP contribution in [0.1, 0.15) is 10.4 Å². The Hall–Kier alpha value is -2.43. The van der Waals surface area contributed by atoms with Gasteiger partial charge in [0.05, 0.1) is 10.0 Å². The summed E-state index contributed by atoms with van der Waals surface area (Å²) in [6, 6.07) is 12.2. The Morgan fingerprint density at radius 1 is 0.958 bits per heavy atom. The Labute approximate surface area is 148 Å². The summed E-state index contributed by atoms with van der Waals surface area (Å²) < 4.78 is 13.7. The van der Waals surface area contributed by atoms with Crippen molar-refractivity contribution < 1.29 is 9.18 Å². The van der Waals surface area contributed by atoms with Gasteiger partial charge in [-0.05, 0) is 53.6 Å². The van der Waals surface area contributed by atoms with Crippen molar-refractivity contribution in [1.29, 1.82) is 0 Å². The summed E-state index contributed by atoms with van der Waals surface area (Å²) in [6.45, 7) is 0. The minimum Gasteiger partial charge on any atom is -0.322 e. The lowest BCUT2D eigenvalue weighted by molar-refractivity contribution is 0.102. The van der Waals surface area contributed by atoms with Crippen LogP contribution in [0.25, 0.3) is 11.1 Å². The van der Waals surface area contributed by atoms with Crippen LogP contribution in [-0.4, -0.2) is 10.9 Å². The van der Waals surface area contributed by atoms with Crippen molar-refractivity contribution >= 4 is 34.8 Å². The lowest BCUT2D eigenvalue weighted by Crippen LogP contribution is -2.13. The van der Waals surface area contributed by atoms with E-state index < -0.39 is 5.82 Å². The highest BCUT2D eigenvalue weighted by atomic mass is 35.5. The van der Waals surface area contributed by atoms with Crippen molar-refractivity contribution in [3.8, 4) is 11.1 Å². The van der Waals surface area contributed by atoms with Crippen molar-refractivity contribution in [3.63, 3.8) is 0 Å². The molecule has 3 rings (SSSR count). The molecule has 0 bridgehead atoms. The second-order valence-electron chi connectivity index (χ2n) is 5.01. The molecule has 0 aliphatic heterocycles. The van der Waals surface area contributed by atoms with Gasteiger partial charge in [0.2, 0.25) is 0 Å². The molecule has 6 heteroatoms. The fraction of sp³-hybridized carbons (Fsp3) is 0. The van der Waals surface area contributed by atoms with E-state index in [1.54, 1.807) is 42.7 Å². The molecule has 3 aromatic rings. The van der Waals surface area contributed by atoms with Gasteiger partial charge in [-0.1, -0.05) is 29.3 Å². The molecule has 0 aliphatic carbocycles. The average molecular weight is 361 g/mol. The number of hydrogen-bond acceptors (Lipinski definition) is 2. The molecular weight excluding hydrogens is 350 g/mol. The summed E-state index contributed by atoms with van der Waals surface area (Å²) in [4.78, 5) is 16.5. The molecular formula is C18H11Cl2FN2O. The third kappa shape index (κ3) is 3.55. The number of nitrogens with one attached hydrogen (secondary N) is 1. The molecule has 1 N–H and O–H groups in total. The van der Waals surface area contributed by atoms with Crippen molar-refractivity contribution in [2.45, 2.75) is 0 Å². The molecule has 24 heavy (non-hydrogen) atoms. The number of pyridine rings is 1. The molecule has 1 aromatic heterocycles. The van der Waals surface area contributed by atoms with Gasteiger partial charge in [0.15, 0.2) is 0 Å². The van der Waals surface area contributed by atoms with Crippen molar-refractivity contribution in [1.82, 2.24) is 4.98 Å². The van der Waals surface area contributed by atoms with Crippen molar-refractivity contribution in [2.24, 2.45) is 0 Å². The molecule has 120 valence electrons. The number of carbonyl (C=O) groups is 1. The van der Waals surface area contributed by atoms with Crippen molar-refractivity contribution in [3.05, 3.63) is 82.4 Å². The number of rotatable bonds is 3. The van der Waals surface area contributed by atoms with Gasteiger partial charge in [-0.15, -0.1) is 0 Å². The zero-order valence-corrected chi connectivity index (χ0v) is 13.8. The predicted molar refractivity (Wildman–Crippen MR) is 94.0 cm³/mol. The largest absolute Gasteiger partial charge is 0.322 e. The SMILES string of the molecule is O=C(Nc1ccncc1)c1ccc(F)cc1-c1ccc(Cl)c(Cl)c1. The summed E-state index contributed by atoms with van der Waals surface area (Å²) in [5.41, 5.74) is 1.95.